The van der Waals surface area contributed by atoms with Crippen LogP contribution in [0.1, 0.15) is 0 Å². The summed E-state index contributed by atoms with van der Waals surface area (Å²) in [7, 11) is 1.50. The lowest BCUT2D eigenvalue weighted by Gasteiger charge is -2.05. The molecule has 0 N–H and O–H groups in total. The maximum atomic E-state index is 12.2. The molecule has 0 saturated carbocycles. The lowest BCUT2D eigenvalue weighted by atomic mass is 10.1. The number of nitro benzene ring substituents is 1. The molecule has 2 aromatic carbocycles. The van der Waals surface area contributed by atoms with Gasteiger partial charge in [0.15, 0.2) is 11.3 Å². The number of nitrogens with zero attached hydrogens (tertiary/aromatic N) is 1. The summed E-state index contributed by atoms with van der Waals surface area (Å²) >= 11 is 0. The number of non-ortho nitro benzene ring substituents is 1. The fourth-order valence-corrected chi connectivity index (χ4v) is 2.24. The number of nitro groups is 1. The molecule has 0 fully saturated rings. The Hall–Kier alpha value is -3.15. The fraction of sp³-hybridized carbons (Fsp3) is 0.0625. The third-order valence-electron chi connectivity index (χ3n) is 3.33. The van der Waals surface area contributed by atoms with Crippen molar-refractivity contribution in [3.63, 3.8) is 0 Å². The molecule has 0 aliphatic heterocycles. The van der Waals surface area contributed by atoms with Crippen molar-refractivity contribution in [2.45, 2.75) is 0 Å². The predicted octanol–water partition coefficient (Wildman–Crippen LogP) is 3.38. The number of rotatable bonds is 3. The minimum absolute atomic E-state index is 0.0319. The number of hydrogen-bond donors (Lipinski definition) is 0. The first-order valence-corrected chi connectivity index (χ1v) is 6.46. The monoisotopic (exact) mass is 297 g/mol. The highest BCUT2D eigenvalue weighted by Crippen LogP contribution is 2.28. The Bertz CT molecular complexity index is 912. The molecular weight excluding hydrogens is 286 g/mol. The minimum atomic E-state index is -0.522. The van der Waals surface area contributed by atoms with E-state index in [1.54, 1.807) is 24.3 Å². The largest absolute Gasteiger partial charge is 0.493 e. The molecule has 0 aliphatic carbocycles. The third-order valence-corrected chi connectivity index (χ3v) is 3.33. The summed E-state index contributed by atoms with van der Waals surface area (Å²) in [6.45, 7) is 0. The van der Waals surface area contributed by atoms with Crippen LogP contribution in [-0.4, -0.2) is 12.0 Å². The number of benzene rings is 2. The predicted molar refractivity (Wildman–Crippen MR) is 81.1 cm³/mol. The third kappa shape index (κ3) is 2.31. The molecule has 3 aromatic rings. The van der Waals surface area contributed by atoms with E-state index in [1.165, 1.54) is 31.4 Å². The lowest BCUT2D eigenvalue weighted by molar-refractivity contribution is -0.384. The van der Waals surface area contributed by atoms with Gasteiger partial charge in [-0.05, 0) is 29.8 Å². The average molecular weight is 297 g/mol. The summed E-state index contributed by atoms with van der Waals surface area (Å²) in [5.74, 6) is 0.477. The van der Waals surface area contributed by atoms with Crippen LogP contribution in [0.25, 0.3) is 22.1 Å². The molecule has 0 radical (unpaired) electrons. The quantitative estimate of drug-likeness (QED) is 0.420. The van der Waals surface area contributed by atoms with E-state index in [9.17, 15) is 14.9 Å². The van der Waals surface area contributed by atoms with Crippen LogP contribution in [0.2, 0.25) is 0 Å². The summed E-state index contributed by atoms with van der Waals surface area (Å²) < 4.78 is 10.5. The molecule has 0 aliphatic rings. The van der Waals surface area contributed by atoms with Crippen LogP contribution in [0.3, 0.4) is 0 Å². The molecule has 110 valence electrons. The van der Waals surface area contributed by atoms with Crippen LogP contribution < -0.4 is 10.4 Å². The van der Waals surface area contributed by atoms with E-state index < -0.39 is 10.5 Å². The topological polar surface area (TPSA) is 82.6 Å². The van der Waals surface area contributed by atoms with Gasteiger partial charge >= 0.3 is 5.63 Å². The molecular formula is C16H11NO5. The van der Waals surface area contributed by atoms with Gasteiger partial charge in [-0.25, -0.2) is 4.79 Å². The van der Waals surface area contributed by atoms with Crippen LogP contribution in [0, 0.1) is 10.1 Å². The summed E-state index contributed by atoms with van der Waals surface area (Å²) in [5, 5.41) is 11.4. The SMILES string of the molecule is COc1cccc2cc(-c3ccc([N+](=O)[O-])cc3)c(=O)oc12. The molecule has 6 heteroatoms. The Labute approximate surface area is 124 Å². The maximum absolute atomic E-state index is 12.2. The summed E-state index contributed by atoms with van der Waals surface area (Å²) in [5.41, 5.74) is 0.724. The second kappa shape index (κ2) is 5.33. The lowest BCUT2D eigenvalue weighted by Crippen LogP contribution is -2.03. The van der Waals surface area contributed by atoms with Gasteiger partial charge in [0.1, 0.15) is 0 Å². The number of hydrogen-bond acceptors (Lipinski definition) is 5. The Morgan fingerprint density at radius 2 is 1.86 bits per heavy atom. The van der Waals surface area contributed by atoms with Gasteiger partial charge in [0, 0.05) is 17.5 Å². The van der Waals surface area contributed by atoms with E-state index in [2.05, 4.69) is 0 Å². The first kappa shape index (κ1) is 13.8. The molecule has 3 rings (SSSR count). The Kier molecular flexibility index (Phi) is 3.34. The molecule has 0 saturated heterocycles. The zero-order valence-corrected chi connectivity index (χ0v) is 11.6. The first-order valence-electron chi connectivity index (χ1n) is 6.46. The van der Waals surface area contributed by atoms with Crippen LogP contribution in [0.5, 0.6) is 5.75 Å². The van der Waals surface area contributed by atoms with Gasteiger partial charge in [0.2, 0.25) is 0 Å². The smallest absolute Gasteiger partial charge is 0.344 e. The Morgan fingerprint density at radius 3 is 2.50 bits per heavy atom. The van der Waals surface area contributed by atoms with Crippen molar-refractivity contribution in [1.29, 1.82) is 0 Å². The fourth-order valence-electron chi connectivity index (χ4n) is 2.24. The van der Waals surface area contributed by atoms with Gasteiger partial charge in [0.25, 0.3) is 5.69 Å². The molecule has 22 heavy (non-hydrogen) atoms. The van der Waals surface area contributed by atoms with Gasteiger partial charge < -0.3 is 9.15 Å². The van der Waals surface area contributed by atoms with E-state index in [4.69, 9.17) is 9.15 Å². The number of para-hydroxylation sites is 1. The van der Waals surface area contributed by atoms with Crippen molar-refractivity contribution >= 4 is 16.7 Å². The number of methoxy groups -OCH3 is 1. The normalized spacial score (nSPS) is 10.6. The van der Waals surface area contributed by atoms with E-state index in [-0.39, 0.29) is 5.69 Å². The standard InChI is InChI=1S/C16H11NO5/c1-21-14-4-2-3-11-9-13(16(18)22-15(11)14)10-5-7-12(8-6-10)17(19)20/h2-9H,1H3. The van der Waals surface area contributed by atoms with E-state index in [0.29, 0.717) is 27.8 Å². The highest BCUT2D eigenvalue weighted by atomic mass is 16.6. The van der Waals surface area contributed by atoms with E-state index >= 15 is 0 Å². The molecule has 1 heterocycles. The van der Waals surface area contributed by atoms with Crippen molar-refractivity contribution in [2.75, 3.05) is 7.11 Å². The van der Waals surface area contributed by atoms with Crippen molar-refractivity contribution in [3.05, 3.63) is 69.1 Å². The maximum Gasteiger partial charge on any atom is 0.344 e. The van der Waals surface area contributed by atoms with Crippen LogP contribution in [0.15, 0.2) is 57.7 Å². The molecule has 1 aromatic heterocycles. The highest BCUT2D eigenvalue weighted by molar-refractivity contribution is 5.86. The van der Waals surface area contributed by atoms with Gasteiger partial charge in [-0.15, -0.1) is 0 Å². The van der Waals surface area contributed by atoms with Crippen molar-refractivity contribution in [1.82, 2.24) is 0 Å². The average Bonchev–Trinajstić information content (AvgIpc) is 2.53. The molecule has 0 atom stereocenters. The minimum Gasteiger partial charge on any atom is -0.493 e. The van der Waals surface area contributed by atoms with Gasteiger partial charge in [-0.3, -0.25) is 10.1 Å². The van der Waals surface area contributed by atoms with Gasteiger partial charge in [0.05, 0.1) is 17.6 Å². The highest BCUT2D eigenvalue weighted by Gasteiger charge is 2.12. The zero-order valence-electron chi connectivity index (χ0n) is 11.6. The van der Waals surface area contributed by atoms with Crippen LogP contribution in [-0.2, 0) is 0 Å². The number of ether oxygens (including phenoxy) is 1. The van der Waals surface area contributed by atoms with Crippen molar-refractivity contribution < 1.29 is 14.1 Å². The molecule has 0 unspecified atom stereocenters. The van der Waals surface area contributed by atoms with Crippen molar-refractivity contribution in [3.8, 4) is 16.9 Å². The molecule has 0 spiro atoms. The molecule has 6 nitrogen and oxygen atoms in total. The first-order chi connectivity index (χ1) is 10.6. The van der Waals surface area contributed by atoms with Crippen LogP contribution in [0.4, 0.5) is 5.69 Å². The Balaban J connectivity index is 2.17. The van der Waals surface area contributed by atoms with Crippen molar-refractivity contribution in [2.24, 2.45) is 0 Å². The van der Waals surface area contributed by atoms with Gasteiger partial charge in [-0.1, -0.05) is 12.1 Å². The summed E-state index contributed by atoms with van der Waals surface area (Å²) in [6.07, 6.45) is 0. The van der Waals surface area contributed by atoms with Gasteiger partial charge in [-0.2, -0.15) is 0 Å². The zero-order chi connectivity index (χ0) is 15.7. The molecule has 0 amide bonds. The number of fused-ring (bicyclic) bond motifs is 1. The summed E-state index contributed by atoms with van der Waals surface area (Å²) in [4.78, 5) is 22.3. The molecule has 0 bridgehead atoms. The van der Waals surface area contributed by atoms with Crippen LogP contribution >= 0.6 is 0 Å². The second-order valence-electron chi connectivity index (χ2n) is 4.63. The Morgan fingerprint density at radius 1 is 1.14 bits per heavy atom. The van der Waals surface area contributed by atoms with E-state index in [0.717, 1.165) is 0 Å². The second-order valence-corrected chi connectivity index (χ2v) is 4.63. The summed E-state index contributed by atoms with van der Waals surface area (Å²) in [6, 6.07) is 12.7. The van der Waals surface area contributed by atoms with E-state index in [1.807, 2.05) is 0 Å².